The summed E-state index contributed by atoms with van der Waals surface area (Å²) in [6.45, 7) is 3.42. The van der Waals surface area contributed by atoms with Crippen molar-refractivity contribution in [1.82, 2.24) is 20.1 Å². The van der Waals surface area contributed by atoms with Gasteiger partial charge in [0.25, 0.3) is 5.91 Å². The van der Waals surface area contributed by atoms with E-state index in [1.165, 1.54) is 18.3 Å². The van der Waals surface area contributed by atoms with Gasteiger partial charge in [-0.05, 0) is 38.9 Å². The van der Waals surface area contributed by atoms with Crippen LogP contribution >= 0.6 is 11.3 Å². The van der Waals surface area contributed by atoms with Gasteiger partial charge in [0.05, 0.1) is 4.88 Å². The molecule has 23 heavy (non-hydrogen) atoms. The Morgan fingerprint density at radius 1 is 1.39 bits per heavy atom. The number of carbonyl (C=O) groups is 2. The number of hydrogen-bond donors (Lipinski definition) is 2. The highest BCUT2D eigenvalue weighted by Gasteiger charge is 2.22. The van der Waals surface area contributed by atoms with Crippen LogP contribution in [-0.2, 0) is 7.05 Å². The number of nitrogens with zero attached hydrogens (tertiary/aromatic N) is 3. The van der Waals surface area contributed by atoms with E-state index in [1.54, 1.807) is 23.2 Å². The summed E-state index contributed by atoms with van der Waals surface area (Å²) in [6.07, 6.45) is 2.01. The molecular weight excluding hydrogens is 314 g/mol. The summed E-state index contributed by atoms with van der Waals surface area (Å²) in [4.78, 5) is 28.6. The highest BCUT2D eigenvalue weighted by Crippen LogP contribution is 2.23. The van der Waals surface area contributed by atoms with Crippen molar-refractivity contribution in [2.45, 2.75) is 25.7 Å². The van der Waals surface area contributed by atoms with Crippen molar-refractivity contribution in [2.24, 2.45) is 7.05 Å². The molecule has 3 rings (SSSR count). The van der Waals surface area contributed by atoms with Gasteiger partial charge in [0, 0.05) is 23.9 Å². The van der Waals surface area contributed by atoms with Crippen molar-refractivity contribution in [3.8, 4) is 0 Å². The maximum absolute atomic E-state index is 12.3. The third kappa shape index (κ3) is 3.48. The maximum atomic E-state index is 12.3. The first-order chi connectivity index (χ1) is 11.0. The largest absolute Gasteiger partial charge is 0.317 e. The molecule has 2 aromatic heterocycles. The molecule has 0 atom stereocenters. The normalized spacial score (nSPS) is 15.6. The van der Waals surface area contributed by atoms with Crippen LogP contribution in [0.5, 0.6) is 0 Å². The van der Waals surface area contributed by atoms with Gasteiger partial charge in [-0.3, -0.25) is 14.9 Å². The third-order valence-electron chi connectivity index (χ3n) is 3.94. The molecule has 1 aliphatic rings. The van der Waals surface area contributed by atoms with Crippen LogP contribution in [0.4, 0.5) is 5.95 Å². The van der Waals surface area contributed by atoms with Crippen molar-refractivity contribution >= 4 is 29.0 Å². The molecule has 1 amide bonds. The van der Waals surface area contributed by atoms with Gasteiger partial charge in [0.1, 0.15) is 0 Å². The van der Waals surface area contributed by atoms with Crippen molar-refractivity contribution in [2.75, 3.05) is 18.4 Å². The Balaban J connectivity index is 1.72. The minimum absolute atomic E-state index is 0.0489. The lowest BCUT2D eigenvalue weighted by atomic mass is 9.98. The van der Waals surface area contributed by atoms with E-state index in [0.29, 0.717) is 22.3 Å². The number of hydrogen-bond acceptors (Lipinski definition) is 6. The number of thiophene rings is 1. The fourth-order valence-corrected chi connectivity index (χ4v) is 3.41. The number of aryl methyl sites for hydroxylation is 1. The van der Waals surface area contributed by atoms with Gasteiger partial charge in [-0.2, -0.15) is 10.1 Å². The van der Waals surface area contributed by atoms with Gasteiger partial charge in [-0.25, -0.2) is 4.68 Å². The van der Waals surface area contributed by atoms with Gasteiger partial charge >= 0.3 is 0 Å². The van der Waals surface area contributed by atoms with E-state index in [0.717, 1.165) is 31.8 Å². The molecule has 0 spiro atoms. The molecule has 3 heterocycles. The number of anilines is 1. The summed E-state index contributed by atoms with van der Waals surface area (Å²) >= 11 is 1.25. The zero-order valence-electron chi connectivity index (χ0n) is 13.1. The molecule has 0 radical (unpaired) electrons. The first kappa shape index (κ1) is 15.8. The number of piperidine rings is 1. The van der Waals surface area contributed by atoms with Gasteiger partial charge in [-0.15, -0.1) is 11.3 Å². The highest BCUT2D eigenvalue weighted by atomic mass is 32.1. The average Bonchev–Trinajstić information content (AvgIpc) is 3.16. The summed E-state index contributed by atoms with van der Waals surface area (Å²) in [6, 6.07) is 1.60. The van der Waals surface area contributed by atoms with Crippen molar-refractivity contribution in [3.05, 3.63) is 27.7 Å². The molecule has 2 aromatic rings. The van der Waals surface area contributed by atoms with E-state index in [4.69, 9.17) is 0 Å². The second-order valence-corrected chi connectivity index (χ2v) is 6.56. The van der Waals surface area contributed by atoms with Crippen LogP contribution < -0.4 is 10.6 Å². The number of amides is 1. The Morgan fingerprint density at radius 3 is 2.78 bits per heavy atom. The smallest absolute Gasteiger partial charge is 0.268 e. The molecule has 8 heteroatoms. The van der Waals surface area contributed by atoms with Gasteiger partial charge in [0.15, 0.2) is 11.6 Å². The summed E-state index contributed by atoms with van der Waals surface area (Å²) < 4.78 is 1.59. The zero-order chi connectivity index (χ0) is 16.4. The number of Topliss-reactive ketones (excluding diaryl/α,β-unsaturated/α-hetero) is 1. The fraction of sp³-hybridized carbons (Fsp3) is 0.467. The predicted octanol–water partition coefficient (Wildman–Crippen LogP) is 1.80. The summed E-state index contributed by atoms with van der Waals surface area (Å²) in [5.41, 5.74) is 0.550. The molecule has 0 bridgehead atoms. The van der Waals surface area contributed by atoms with Crippen LogP contribution in [0.25, 0.3) is 0 Å². The summed E-state index contributed by atoms with van der Waals surface area (Å²) in [5.74, 6) is 1.22. The van der Waals surface area contributed by atoms with Crippen LogP contribution in [-0.4, -0.2) is 39.5 Å². The van der Waals surface area contributed by atoms with Gasteiger partial charge in [-0.1, -0.05) is 0 Å². The van der Waals surface area contributed by atoms with Gasteiger partial charge in [0.2, 0.25) is 5.95 Å². The van der Waals surface area contributed by atoms with Gasteiger partial charge < -0.3 is 5.32 Å². The van der Waals surface area contributed by atoms with Crippen LogP contribution in [0, 0.1) is 0 Å². The maximum Gasteiger partial charge on any atom is 0.268 e. The van der Waals surface area contributed by atoms with Crippen molar-refractivity contribution in [3.63, 3.8) is 0 Å². The fourth-order valence-electron chi connectivity index (χ4n) is 2.57. The van der Waals surface area contributed by atoms with Crippen LogP contribution in [0.1, 0.15) is 51.5 Å². The monoisotopic (exact) mass is 333 g/mol. The Morgan fingerprint density at radius 2 is 2.13 bits per heavy atom. The Labute approximate surface area is 138 Å². The molecule has 0 saturated carbocycles. The van der Waals surface area contributed by atoms with Crippen molar-refractivity contribution < 1.29 is 9.59 Å². The molecule has 0 aliphatic carbocycles. The Kier molecular flexibility index (Phi) is 4.53. The molecule has 1 saturated heterocycles. The van der Waals surface area contributed by atoms with E-state index in [1.807, 2.05) is 0 Å². The summed E-state index contributed by atoms with van der Waals surface area (Å²) in [5, 5.41) is 12.2. The van der Waals surface area contributed by atoms with E-state index in [-0.39, 0.29) is 11.7 Å². The molecule has 2 N–H and O–H groups in total. The molecule has 7 nitrogen and oxygen atoms in total. The minimum atomic E-state index is -0.269. The minimum Gasteiger partial charge on any atom is -0.317 e. The highest BCUT2D eigenvalue weighted by molar-refractivity contribution is 7.12. The first-order valence-corrected chi connectivity index (χ1v) is 8.45. The van der Waals surface area contributed by atoms with E-state index in [9.17, 15) is 9.59 Å². The SMILES string of the molecule is CC(=O)c1csc(C(=O)Nc2nc(C3CCNCC3)nn2C)c1. The lowest BCUT2D eigenvalue weighted by Crippen LogP contribution is -2.27. The number of aromatic nitrogens is 3. The molecule has 1 fully saturated rings. The van der Waals surface area contributed by atoms with Crippen LogP contribution in [0.2, 0.25) is 0 Å². The second kappa shape index (κ2) is 6.59. The molecule has 122 valence electrons. The number of rotatable bonds is 4. The zero-order valence-corrected chi connectivity index (χ0v) is 13.9. The number of nitrogens with one attached hydrogen (secondary N) is 2. The van der Waals surface area contributed by atoms with E-state index in [2.05, 4.69) is 20.7 Å². The second-order valence-electron chi connectivity index (χ2n) is 5.65. The van der Waals surface area contributed by atoms with Crippen molar-refractivity contribution in [1.29, 1.82) is 0 Å². The topological polar surface area (TPSA) is 88.9 Å². The van der Waals surface area contributed by atoms with E-state index >= 15 is 0 Å². The third-order valence-corrected chi connectivity index (χ3v) is 4.87. The number of ketones is 1. The lowest BCUT2D eigenvalue weighted by molar-refractivity contribution is 0.101. The molecule has 1 aliphatic heterocycles. The average molecular weight is 333 g/mol. The van der Waals surface area contributed by atoms with E-state index < -0.39 is 0 Å². The molecule has 0 unspecified atom stereocenters. The van der Waals surface area contributed by atoms with Crippen LogP contribution in [0.15, 0.2) is 11.4 Å². The molecular formula is C15H19N5O2S. The Hall–Kier alpha value is -2.06. The number of carbonyl (C=O) groups excluding carboxylic acids is 2. The van der Waals surface area contributed by atoms with Crippen LogP contribution in [0.3, 0.4) is 0 Å². The lowest BCUT2D eigenvalue weighted by Gasteiger charge is -2.19. The standard InChI is InChI=1S/C15H19N5O2S/c1-9(21)11-7-12(23-8-11)14(22)18-15-17-13(19-20(15)2)10-3-5-16-6-4-10/h7-8,10,16H,3-6H2,1-2H3,(H,17,18,19,22). The molecule has 0 aromatic carbocycles. The predicted molar refractivity (Wildman–Crippen MR) is 88.1 cm³/mol. The summed E-state index contributed by atoms with van der Waals surface area (Å²) in [7, 11) is 1.77. The first-order valence-electron chi connectivity index (χ1n) is 7.57. The quantitative estimate of drug-likeness (QED) is 0.833. The Bertz CT molecular complexity index is 730.